The first-order chi connectivity index (χ1) is 12.2. The molecule has 1 fully saturated rings. The van der Waals surface area contributed by atoms with Crippen LogP contribution in [0.3, 0.4) is 0 Å². The highest BCUT2D eigenvalue weighted by molar-refractivity contribution is 14.0. The van der Waals surface area contributed by atoms with Gasteiger partial charge in [-0.15, -0.1) is 24.0 Å². The zero-order valence-electron chi connectivity index (χ0n) is 16.6. The molecule has 0 saturated carbocycles. The standard InChI is InChI=1S/C20H35N5.HI/c1-4-21-20(22-13-16-24(3)5-2)23-17-19(25-14-9-10-15-25)18-11-7-6-8-12-18;/h6-8,11-12,19H,4-5,9-10,13-17H2,1-3H3,(H2,21,22,23);1H. The lowest BCUT2D eigenvalue weighted by Crippen LogP contribution is -2.41. The van der Waals surface area contributed by atoms with Crippen molar-refractivity contribution in [2.24, 2.45) is 4.99 Å². The number of nitrogens with one attached hydrogen (secondary N) is 2. The van der Waals surface area contributed by atoms with Gasteiger partial charge < -0.3 is 15.5 Å². The van der Waals surface area contributed by atoms with Gasteiger partial charge in [-0.3, -0.25) is 9.89 Å². The van der Waals surface area contributed by atoms with Gasteiger partial charge in [0.25, 0.3) is 0 Å². The fourth-order valence-electron chi connectivity index (χ4n) is 3.20. The molecule has 148 valence electrons. The van der Waals surface area contributed by atoms with Crippen LogP contribution in [0.5, 0.6) is 0 Å². The lowest BCUT2D eigenvalue weighted by molar-refractivity contribution is 0.251. The van der Waals surface area contributed by atoms with Crippen molar-refractivity contribution in [2.45, 2.75) is 32.7 Å². The van der Waals surface area contributed by atoms with E-state index in [-0.39, 0.29) is 24.0 Å². The predicted molar refractivity (Wildman–Crippen MR) is 123 cm³/mol. The topological polar surface area (TPSA) is 42.9 Å². The molecule has 2 N–H and O–H groups in total. The fraction of sp³-hybridized carbons (Fsp3) is 0.650. The van der Waals surface area contributed by atoms with Gasteiger partial charge in [0.15, 0.2) is 5.96 Å². The van der Waals surface area contributed by atoms with Crippen LogP contribution in [0.1, 0.15) is 38.3 Å². The number of nitrogens with zero attached hydrogens (tertiary/aromatic N) is 3. The number of guanidine groups is 1. The van der Waals surface area contributed by atoms with Crippen LogP contribution in [0.4, 0.5) is 0 Å². The summed E-state index contributed by atoms with van der Waals surface area (Å²) in [6.45, 7) is 11.3. The Hall–Kier alpha value is -0.860. The van der Waals surface area contributed by atoms with E-state index in [4.69, 9.17) is 4.99 Å². The first kappa shape index (κ1) is 23.2. The summed E-state index contributed by atoms with van der Waals surface area (Å²) in [5, 5.41) is 6.84. The van der Waals surface area contributed by atoms with Gasteiger partial charge in [-0.05, 0) is 52.0 Å². The molecule has 1 heterocycles. The van der Waals surface area contributed by atoms with Gasteiger partial charge in [0.2, 0.25) is 0 Å². The lowest BCUT2D eigenvalue weighted by atomic mass is 10.1. The molecule has 1 saturated heterocycles. The molecule has 1 aliphatic heterocycles. The number of benzene rings is 1. The van der Waals surface area contributed by atoms with Gasteiger partial charge >= 0.3 is 0 Å². The molecule has 0 radical (unpaired) electrons. The molecule has 2 rings (SSSR count). The smallest absolute Gasteiger partial charge is 0.191 e. The summed E-state index contributed by atoms with van der Waals surface area (Å²) in [5.41, 5.74) is 1.37. The third kappa shape index (κ3) is 7.80. The van der Waals surface area contributed by atoms with E-state index in [1.54, 1.807) is 0 Å². The highest BCUT2D eigenvalue weighted by Gasteiger charge is 2.23. The van der Waals surface area contributed by atoms with Crippen LogP contribution < -0.4 is 10.6 Å². The summed E-state index contributed by atoms with van der Waals surface area (Å²) in [6, 6.07) is 11.2. The average molecular weight is 473 g/mol. The lowest BCUT2D eigenvalue weighted by Gasteiger charge is -2.27. The Bertz CT molecular complexity index is 502. The fourth-order valence-corrected chi connectivity index (χ4v) is 3.20. The summed E-state index contributed by atoms with van der Waals surface area (Å²) in [4.78, 5) is 9.77. The Labute approximate surface area is 176 Å². The normalized spacial score (nSPS) is 16.4. The molecule has 1 aromatic rings. The number of halogens is 1. The summed E-state index contributed by atoms with van der Waals surface area (Å²) < 4.78 is 0. The van der Waals surface area contributed by atoms with Crippen molar-refractivity contribution in [3.63, 3.8) is 0 Å². The van der Waals surface area contributed by atoms with Crippen LogP contribution in [0, 0.1) is 0 Å². The SMILES string of the molecule is CCNC(=NCC(c1ccccc1)N1CCCC1)NCCN(C)CC.I. The molecule has 0 aromatic heterocycles. The van der Waals surface area contributed by atoms with Gasteiger partial charge in [-0.2, -0.15) is 0 Å². The third-order valence-electron chi connectivity index (χ3n) is 4.86. The second kappa shape index (κ2) is 13.3. The van der Waals surface area contributed by atoms with Crippen LogP contribution in [0.25, 0.3) is 0 Å². The van der Waals surface area contributed by atoms with E-state index in [0.717, 1.165) is 38.7 Å². The molecule has 0 aliphatic carbocycles. The van der Waals surface area contributed by atoms with Crippen LogP contribution >= 0.6 is 24.0 Å². The van der Waals surface area contributed by atoms with Gasteiger partial charge in [0.1, 0.15) is 0 Å². The van der Waals surface area contributed by atoms with Gasteiger partial charge in [-0.25, -0.2) is 0 Å². The van der Waals surface area contributed by atoms with E-state index in [1.807, 2.05) is 0 Å². The van der Waals surface area contributed by atoms with Crippen molar-refractivity contribution in [1.82, 2.24) is 20.4 Å². The maximum atomic E-state index is 4.89. The highest BCUT2D eigenvalue weighted by Crippen LogP contribution is 2.25. The molecular weight excluding hydrogens is 437 g/mol. The van der Waals surface area contributed by atoms with Crippen molar-refractivity contribution in [3.8, 4) is 0 Å². The molecule has 1 aromatic carbocycles. The maximum absolute atomic E-state index is 4.89. The van der Waals surface area contributed by atoms with Crippen molar-refractivity contribution in [3.05, 3.63) is 35.9 Å². The first-order valence-corrected chi connectivity index (χ1v) is 9.74. The molecule has 0 spiro atoms. The zero-order valence-corrected chi connectivity index (χ0v) is 18.9. The minimum atomic E-state index is 0. The molecule has 6 heteroatoms. The quantitative estimate of drug-likeness (QED) is 0.329. The van der Waals surface area contributed by atoms with Gasteiger partial charge in [0, 0.05) is 19.6 Å². The van der Waals surface area contributed by atoms with Crippen LogP contribution in [0.15, 0.2) is 35.3 Å². The molecular formula is C20H36IN5. The molecule has 0 bridgehead atoms. The van der Waals surface area contributed by atoms with Gasteiger partial charge in [0.05, 0.1) is 12.6 Å². The first-order valence-electron chi connectivity index (χ1n) is 9.74. The Kier molecular flexibility index (Phi) is 11.9. The van der Waals surface area contributed by atoms with Crippen molar-refractivity contribution >= 4 is 29.9 Å². The Balaban J connectivity index is 0.00000338. The van der Waals surface area contributed by atoms with Crippen LogP contribution in [0.2, 0.25) is 0 Å². The van der Waals surface area contributed by atoms with Crippen molar-refractivity contribution < 1.29 is 0 Å². The molecule has 26 heavy (non-hydrogen) atoms. The highest BCUT2D eigenvalue weighted by atomic mass is 127. The molecule has 1 aliphatic rings. The Morgan fingerprint density at radius 2 is 1.85 bits per heavy atom. The van der Waals surface area contributed by atoms with E-state index < -0.39 is 0 Å². The Morgan fingerprint density at radius 3 is 2.46 bits per heavy atom. The van der Waals surface area contributed by atoms with E-state index in [0.29, 0.717) is 6.04 Å². The van der Waals surface area contributed by atoms with Crippen LogP contribution in [-0.4, -0.2) is 68.6 Å². The predicted octanol–water partition coefficient (Wildman–Crippen LogP) is 2.95. The van der Waals surface area contributed by atoms with Crippen LogP contribution in [-0.2, 0) is 0 Å². The maximum Gasteiger partial charge on any atom is 0.191 e. The number of aliphatic imine (C=N–C) groups is 1. The second-order valence-electron chi connectivity index (χ2n) is 6.71. The van der Waals surface area contributed by atoms with Crippen molar-refractivity contribution in [1.29, 1.82) is 0 Å². The zero-order chi connectivity index (χ0) is 17.9. The third-order valence-corrected chi connectivity index (χ3v) is 4.86. The summed E-state index contributed by atoms with van der Waals surface area (Å²) >= 11 is 0. The monoisotopic (exact) mass is 473 g/mol. The average Bonchev–Trinajstić information content (AvgIpc) is 3.17. The van der Waals surface area contributed by atoms with Gasteiger partial charge in [-0.1, -0.05) is 37.3 Å². The van der Waals surface area contributed by atoms with E-state index in [9.17, 15) is 0 Å². The number of hydrogen-bond donors (Lipinski definition) is 2. The Morgan fingerprint density at radius 1 is 1.15 bits per heavy atom. The molecule has 1 atom stereocenters. The number of likely N-dealkylation sites (N-methyl/N-ethyl adjacent to an activating group) is 1. The molecule has 1 unspecified atom stereocenters. The van der Waals surface area contributed by atoms with E-state index >= 15 is 0 Å². The minimum absolute atomic E-state index is 0. The second-order valence-corrected chi connectivity index (χ2v) is 6.71. The summed E-state index contributed by atoms with van der Waals surface area (Å²) in [7, 11) is 2.14. The molecule has 5 nitrogen and oxygen atoms in total. The number of likely N-dealkylation sites (tertiary alicyclic amines) is 1. The number of rotatable bonds is 9. The van der Waals surface area contributed by atoms with E-state index in [2.05, 4.69) is 71.7 Å². The molecule has 0 amide bonds. The van der Waals surface area contributed by atoms with Crippen molar-refractivity contribution in [2.75, 3.05) is 52.9 Å². The number of hydrogen-bond acceptors (Lipinski definition) is 3. The summed E-state index contributed by atoms with van der Waals surface area (Å²) in [5.74, 6) is 0.923. The largest absolute Gasteiger partial charge is 0.357 e. The minimum Gasteiger partial charge on any atom is -0.357 e. The van der Waals surface area contributed by atoms with E-state index in [1.165, 1.54) is 31.5 Å². The summed E-state index contributed by atoms with van der Waals surface area (Å²) in [6.07, 6.45) is 2.60.